The molecule has 0 N–H and O–H groups in total. The molecule has 0 atom stereocenters. The molecule has 11 aromatic rings. The Balaban J connectivity index is 1.15. The minimum atomic E-state index is 0.575. The van der Waals surface area contributed by atoms with Crippen LogP contribution in [-0.4, -0.2) is 15.0 Å². The predicted molar refractivity (Wildman–Crippen MR) is 251 cm³/mol. The number of nitrogens with zero attached hydrogens (tertiary/aromatic N) is 3. The fourth-order valence-corrected chi connectivity index (χ4v) is 8.31. The van der Waals surface area contributed by atoms with Crippen LogP contribution in [0.15, 0.2) is 229 Å². The molecular weight excluding hydrogens is 743 g/mol. The summed E-state index contributed by atoms with van der Waals surface area (Å²) in [4.78, 5) is 15.6. The number of fused-ring (bicyclic) bond motifs is 3. The van der Waals surface area contributed by atoms with Crippen molar-refractivity contribution in [2.24, 2.45) is 0 Å². The summed E-state index contributed by atoms with van der Waals surface area (Å²) in [6, 6.07) is 78.2. The molecule has 286 valence electrons. The van der Waals surface area contributed by atoms with E-state index < -0.39 is 0 Å². The summed E-state index contributed by atoms with van der Waals surface area (Å²) in [5.41, 5.74) is 15.4. The third kappa shape index (κ3) is 6.96. The zero-order valence-electron chi connectivity index (χ0n) is 33.1. The molecule has 0 aliphatic carbocycles. The van der Waals surface area contributed by atoms with Crippen LogP contribution in [0.3, 0.4) is 0 Å². The average Bonchev–Trinajstić information content (AvgIpc) is 3.74. The van der Waals surface area contributed by atoms with Crippen molar-refractivity contribution >= 4 is 21.9 Å². The van der Waals surface area contributed by atoms with Gasteiger partial charge < -0.3 is 4.42 Å². The predicted octanol–water partition coefficient (Wildman–Crippen LogP) is 15.1. The van der Waals surface area contributed by atoms with Gasteiger partial charge in [-0.15, -0.1) is 0 Å². The lowest BCUT2D eigenvalue weighted by Gasteiger charge is -2.12. The quantitative estimate of drug-likeness (QED) is 0.154. The molecule has 0 saturated heterocycles. The van der Waals surface area contributed by atoms with Crippen LogP contribution >= 0.6 is 0 Å². The Morgan fingerprint density at radius 3 is 1.25 bits per heavy atom. The highest BCUT2D eigenvalue weighted by Gasteiger charge is 2.21. The fraction of sp³-hybridized carbons (Fsp3) is 0. The van der Waals surface area contributed by atoms with E-state index in [1.165, 1.54) is 5.56 Å². The van der Waals surface area contributed by atoms with E-state index in [1.807, 2.05) is 48.5 Å². The zero-order chi connectivity index (χ0) is 40.5. The van der Waals surface area contributed by atoms with E-state index in [2.05, 4.69) is 176 Å². The molecule has 4 heteroatoms. The monoisotopic (exact) mass is 779 g/mol. The molecule has 0 bridgehead atoms. The van der Waals surface area contributed by atoms with E-state index in [4.69, 9.17) is 19.4 Å². The van der Waals surface area contributed by atoms with Gasteiger partial charge in [-0.25, -0.2) is 15.0 Å². The minimum Gasteiger partial charge on any atom is -0.455 e. The van der Waals surface area contributed by atoms with E-state index in [1.54, 1.807) is 0 Å². The van der Waals surface area contributed by atoms with Crippen molar-refractivity contribution < 1.29 is 4.42 Å². The van der Waals surface area contributed by atoms with Gasteiger partial charge in [0.2, 0.25) is 0 Å². The molecule has 0 radical (unpaired) electrons. The highest BCUT2D eigenvalue weighted by molar-refractivity contribution is 6.16. The Bertz CT molecular complexity index is 3340. The molecule has 0 spiro atoms. The summed E-state index contributed by atoms with van der Waals surface area (Å²) >= 11 is 0. The number of benzene rings is 9. The first-order valence-corrected chi connectivity index (χ1v) is 20.5. The molecule has 0 aliphatic heterocycles. The van der Waals surface area contributed by atoms with E-state index in [0.717, 1.165) is 88.7 Å². The maximum absolute atomic E-state index is 6.95. The molecular formula is C57H37N3O. The normalized spacial score (nSPS) is 11.3. The molecule has 0 saturated carbocycles. The Morgan fingerprint density at radius 1 is 0.262 bits per heavy atom. The van der Waals surface area contributed by atoms with Crippen LogP contribution in [0.5, 0.6) is 0 Å². The zero-order valence-corrected chi connectivity index (χ0v) is 33.1. The lowest BCUT2D eigenvalue weighted by Crippen LogP contribution is -2.00. The van der Waals surface area contributed by atoms with Crippen LogP contribution in [0.1, 0.15) is 0 Å². The van der Waals surface area contributed by atoms with Gasteiger partial charge in [-0.2, -0.15) is 0 Å². The maximum Gasteiger partial charge on any atom is 0.164 e. The summed E-state index contributed by atoms with van der Waals surface area (Å²) in [5, 5.41) is 1.94. The van der Waals surface area contributed by atoms with Gasteiger partial charge >= 0.3 is 0 Å². The Hall–Kier alpha value is -8.21. The van der Waals surface area contributed by atoms with Gasteiger partial charge in [0.1, 0.15) is 11.2 Å². The van der Waals surface area contributed by atoms with Crippen LogP contribution in [0.4, 0.5) is 0 Å². The number of rotatable bonds is 8. The van der Waals surface area contributed by atoms with E-state index in [0.29, 0.717) is 17.5 Å². The first-order chi connectivity index (χ1) is 30.2. The topological polar surface area (TPSA) is 51.8 Å². The molecule has 0 amide bonds. The molecule has 2 heterocycles. The second kappa shape index (κ2) is 15.5. The lowest BCUT2D eigenvalue weighted by atomic mass is 9.92. The van der Waals surface area contributed by atoms with Crippen LogP contribution < -0.4 is 0 Å². The first-order valence-electron chi connectivity index (χ1n) is 20.5. The van der Waals surface area contributed by atoms with Gasteiger partial charge in [-0.05, 0) is 86.5 Å². The Morgan fingerprint density at radius 2 is 0.672 bits per heavy atom. The summed E-state index contributed by atoms with van der Waals surface area (Å²) in [6.07, 6.45) is 0. The van der Waals surface area contributed by atoms with Crippen LogP contribution in [-0.2, 0) is 0 Å². The van der Waals surface area contributed by atoms with Gasteiger partial charge in [0.05, 0.1) is 0 Å². The van der Waals surface area contributed by atoms with E-state index in [9.17, 15) is 0 Å². The third-order valence-electron chi connectivity index (χ3n) is 11.3. The molecule has 0 fully saturated rings. The molecule has 9 aromatic carbocycles. The average molecular weight is 780 g/mol. The Kier molecular flexibility index (Phi) is 9.14. The minimum absolute atomic E-state index is 0.575. The number of furan rings is 1. The summed E-state index contributed by atoms with van der Waals surface area (Å²) < 4.78 is 6.95. The van der Waals surface area contributed by atoms with Crippen molar-refractivity contribution in [3.8, 4) is 89.8 Å². The van der Waals surface area contributed by atoms with Crippen molar-refractivity contribution in [2.75, 3.05) is 0 Å². The summed E-state index contributed by atoms with van der Waals surface area (Å²) in [6.45, 7) is 0. The molecule has 0 unspecified atom stereocenters. The fourth-order valence-electron chi connectivity index (χ4n) is 8.31. The SMILES string of the molecule is c1ccc(-c2cccc(-c3cc(-c4cccc(-c5ccccc5)c4)c4oc5cccc(-c6nc(-c7ccccc7)nc(-c7cccc(-c8ccccc8)c7)n6)c5c4c3)c2)cc1. The smallest absolute Gasteiger partial charge is 0.164 e. The lowest BCUT2D eigenvalue weighted by molar-refractivity contribution is 0.670. The third-order valence-corrected chi connectivity index (χ3v) is 11.3. The number of hydrogen-bond acceptors (Lipinski definition) is 4. The second-order valence-electron chi connectivity index (χ2n) is 15.2. The van der Waals surface area contributed by atoms with E-state index in [-0.39, 0.29) is 0 Å². The highest BCUT2D eigenvalue weighted by Crippen LogP contribution is 2.44. The molecule has 2 aromatic heterocycles. The van der Waals surface area contributed by atoms with Gasteiger partial charge in [-0.3, -0.25) is 0 Å². The molecule has 0 aliphatic rings. The molecule has 61 heavy (non-hydrogen) atoms. The molecule has 4 nitrogen and oxygen atoms in total. The first kappa shape index (κ1) is 35.9. The summed E-state index contributed by atoms with van der Waals surface area (Å²) in [5.74, 6) is 1.78. The largest absolute Gasteiger partial charge is 0.455 e. The molecule has 11 rings (SSSR count). The van der Waals surface area contributed by atoms with Gasteiger partial charge in [-0.1, -0.05) is 188 Å². The van der Waals surface area contributed by atoms with Crippen LogP contribution in [0, 0.1) is 0 Å². The number of hydrogen-bond donors (Lipinski definition) is 0. The summed E-state index contributed by atoms with van der Waals surface area (Å²) in [7, 11) is 0. The van der Waals surface area contributed by atoms with Crippen molar-refractivity contribution in [2.45, 2.75) is 0 Å². The van der Waals surface area contributed by atoms with Gasteiger partial charge in [0.25, 0.3) is 0 Å². The van der Waals surface area contributed by atoms with Crippen LogP contribution in [0.25, 0.3) is 112 Å². The number of aromatic nitrogens is 3. The second-order valence-corrected chi connectivity index (χ2v) is 15.2. The van der Waals surface area contributed by atoms with Crippen molar-refractivity contribution in [1.82, 2.24) is 15.0 Å². The van der Waals surface area contributed by atoms with Crippen molar-refractivity contribution in [1.29, 1.82) is 0 Å². The van der Waals surface area contributed by atoms with Gasteiger partial charge in [0, 0.05) is 33.0 Å². The standard InChI is InChI=1S/C57H37N3O/c1-5-17-38(18-6-1)42-25-13-28-45(33-42)48-36-50(46-29-14-26-43(34-46)39-19-7-2-8-20-39)54-51(37-48)53-49(31-16-32-52(53)61-54)57-59-55(41-23-11-4-12-24-41)58-56(60-57)47-30-15-27-44(35-47)40-21-9-3-10-22-40/h1-37H. The van der Waals surface area contributed by atoms with Crippen molar-refractivity contribution in [3.63, 3.8) is 0 Å². The Labute approximate surface area is 354 Å². The van der Waals surface area contributed by atoms with Crippen molar-refractivity contribution in [3.05, 3.63) is 224 Å². The van der Waals surface area contributed by atoms with Gasteiger partial charge in [0.15, 0.2) is 17.5 Å². The maximum atomic E-state index is 6.95. The van der Waals surface area contributed by atoms with Crippen LogP contribution in [0.2, 0.25) is 0 Å². The highest BCUT2D eigenvalue weighted by atomic mass is 16.3. The van der Waals surface area contributed by atoms with E-state index >= 15 is 0 Å².